The van der Waals surface area contributed by atoms with Crippen LogP contribution < -0.4 is 0 Å². The zero-order valence-corrected chi connectivity index (χ0v) is 9.17. The van der Waals surface area contributed by atoms with E-state index in [4.69, 9.17) is 4.74 Å². The number of rotatable bonds is 3. The highest BCUT2D eigenvalue weighted by Crippen LogP contribution is 2.45. The van der Waals surface area contributed by atoms with E-state index in [0.29, 0.717) is 12.0 Å². The van der Waals surface area contributed by atoms with Gasteiger partial charge < -0.3 is 9.84 Å². The van der Waals surface area contributed by atoms with E-state index in [1.54, 1.807) is 0 Å². The number of ether oxygens (including phenoxy) is 1. The van der Waals surface area contributed by atoms with Crippen LogP contribution in [-0.2, 0) is 4.74 Å². The lowest BCUT2D eigenvalue weighted by atomic mass is 9.65. The van der Waals surface area contributed by atoms with Gasteiger partial charge in [0, 0.05) is 19.4 Å². The summed E-state index contributed by atoms with van der Waals surface area (Å²) in [6.07, 6.45) is 8.55. The predicted molar refractivity (Wildman–Crippen MR) is 56.2 cm³/mol. The molecule has 0 bridgehead atoms. The van der Waals surface area contributed by atoms with Crippen LogP contribution in [-0.4, -0.2) is 23.4 Å². The van der Waals surface area contributed by atoms with Crippen LogP contribution in [0, 0.1) is 5.92 Å². The topological polar surface area (TPSA) is 29.5 Å². The molecule has 0 spiro atoms. The van der Waals surface area contributed by atoms with Gasteiger partial charge >= 0.3 is 0 Å². The third kappa shape index (κ3) is 1.96. The molecule has 0 radical (unpaired) electrons. The van der Waals surface area contributed by atoms with Gasteiger partial charge in [0.25, 0.3) is 0 Å². The SMILES string of the molecule is CCOC1CC(O)(C2CCCCC2)C1. The van der Waals surface area contributed by atoms with Crippen molar-refractivity contribution in [3.63, 3.8) is 0 Å². The van der Waals surface area contributed by atoms with Crippen molar-refractivity contribution < 1.29 is 9.84 Å². The van der Waals surface area contributed by atoms with Crippen LogP contribution in [0.1, 0.15) is 51.9 Å². The summed E-state index contributed by atoms with van der Waals surface area (Å²) < 4.78 is 5.50. The molecule has 0 aromatic rings. The molecule has 2 rings (SSSR count). The molecule has 0 atom stereocenters. The Bertz CT molecular complexity index is 179. The summed E-state index contributed by atoms with van der Waals surface area (Å²) in [5.74, 6) is 0.563. The molecule has 0 aliphatic heterocycles. The highest BCUT2D eigenvalue weighted by atomic mass is 16.5. The van der Waals surface area contributed by atoms with Crippen LogP contribution in [0.2, 0.25) is 0 Å². The fourth-order valence-electron chi connectivity index (χ4n) is 3.06. The minimum absolute atomic E-state index is 0.340. The summed E-state index contributed by atoms with van der Waals surface area (Å²) in [5, 5.41) is 10.4. The Balaban J connectivity index is 1.80. The molecule has 0 aromatic heterocycles. The molecule has 0 saturated heterocycles. The fourth-order valence-corrected chi connectivity index (χ4v) is 3.06. The van der Waals surface area contributed by atoms with Crippen LogP contribution in [0.15, 0.2) is 0 Å². The zero-order valence-electron chi connectivity index (χ0n) is 9.17. The first kappa shape index (κ1) is 10.4. The lowest BCUT2D eigenvalue weighted by Gasteiger charge is -2.49. The van der Waals surface area contributed by atoms with Gasteiger partial charge in [-0.2, -0.15) is 0 Å². The first-order valence-corrected chi connectivity index (χ1v) is 6.08. The average molecular weight is 198 g/mol. The molecule has 2 nitrogen and oxygen atoms in total. The quantitative estimate of drug-likeness (QED) is 0.755. The molecule has 0 amide bonds. The second kappa shape index (κ2) is 4.19. The number of aliphatic hydroxyl groups is 1. The van der Waals surface area contributed by atoms with Gasteiger partial charge in [0.2, 0.25) is 0 Å². The van der Waals surface area contributed by atoms with Gasteiger partial charge in [0.05, 0.1) is 11.7 Å². The molecule has 2 saturated carbocycles. The molecule has 2 aliphatic carbocycles. The summed E-state index contributed by atoms with van der Waals surface area (Å²) in [7, 11) is 0. The van der Waals surface area contributed by atoms with Crippen LogP contribution in [0.25, 0.3) is 0 Å². The Morgan fingerprint density at radius 1 is 1.21 bits per heavy atom. The van der Waals surface area contributed by atoms with E-state index in [2.05, 4.69) is 0 Å². The van der Waals surface area contributed by atoms with Crippen molar-refractivity contribution in [2.75, 3.05) is 6.61 Å². The molecule has 2 fully saturated rings. The van der Waals surface area contributed by atoms with Gasteiger partial charge in [-0.15, -0.1) is 0 Å². The summed E-state index contributed by atoms with van der Waals surface area (Å²) >= 11 is 0. The standard InChI is InChI=1S/C12H22O2/c1-2-14-11-8-12(13,9-11)10-6-4-3-5-7-10/h10-11,13H,2-9H2,1H3. The van der Waals surface area contributed by atoms with E-state index in [1.165, 1.54) is 32.1 Å². The van der Waals surface area contributed by atoms with Gasteiger partial charge in [0.1, 0.15) is 0 Å². The first-order valence-electron chi connectivity index (χ1n) is 6.08. The Labute approximate surface area is 86.6 Å². The third-order valence-electron chi connectivity index (χ3n) is 3.93. The van der Waals surface area contributed by atoms with Crippen molar-refractivity contribution in [3.05, 3.63) is 0 Å². The van der Waals surface area contributed by atoms with Gasteiger partial charge in [-0.05, 0) is 25.7 Å². The molecule has 0 heterocycles. The lowest BCUT2D eigenvalue weighted by molar-refractivity contribution is -0.171. The van der Waals surface area contributed by atoms with E-state index < -0.39 is 0 Å². The summed E-state index contributed by atoms with van der Waals surface area (Å²) in [6, 6.07) is 0. The van der Waals surface area contributed by atoms with Crippen LogP contribution in [0.5, 0.6) is 0 Å². The Morgan fingerprint density at radius 2 is 1.86 bits per heavy atom. The van der Waals surface area contributed by atoms with Crippen molar-refractivity contribution in [3.8, 4) is 0 Å². The predicted octanol–water partition coefficient (Wildman–Crippen LogP) is 2.50. The van der Waals surface area contributed by atoms with Crippen molar-refractivity contribution in [2.24, 2.45) is 5.92 Å². The Hall–Kier alpha value is -0.0800. The van der Waals surface area contributed by atoms with E-state index in [-0.39, 0.29) is 5.60 Å². The van der Waals surface area contributed by atoms with Crippen LogP contribution in [0.3, 0.4) is 0 Å². The van der Waals surface area contributed by atoms with Gasteiger partial charge in [-0.3, -0.25) is 0 Å². The zero-order chi connectivity index (χ0) is 10.0. The maximum absolute atomic E-state index is 10.4. The maximum atomic E-state index is 10.4. The fraction of sp³-hybridized carbons (Fsp3) is 1.00. The van der Waals surface area contributed by atoms with Crippen LogP contribution in [0.4, 0.5) is 0 Å². The molecule has 2 aliphatic rings. The highest BCUT2D eigenvalue weighted by Gasteiger charge is 2.48. The van der Waals surface area contributed by atoms with Crippen LogP contribution >= 0.6 is 0 Å². The first-order chi connectivity index (χ1) is 6.74. The average Bonchev–Trinajstić information content (AvgIpc) is 2.17. The highest BCUT2D eigenvalue weighted by molar-refractivity contribution is 5.00. The van der Waals surface area contributed by atoms with E-state index >= 15 is 0 Å². The molecular formula is C12H22O2. The minimum Gasteiger partial charge on any atom is -0.389 e. The Kier molecular flexibility index (Phi) is 3.13. The van der Waals surface area contributed by atoms with Gasteiger partial charge in [0.15, 0.2) is 0 Å². The third-order valence-corrected chi connectivity index (χ3v) is 3.93. The summed E-state index contributed by atoms with van der Waals surface area (Å²) in [5.41, 5.74) is -0.361. The second-order valence-corrected chi connectivity index (χ2v) is 4.92. The van der Waals surface area contributed by atoms with E-state index in [9.17, 15) is 5.11 Å². The monoisotopic (exact) mass is 198 g/mol. The second-order valence-electron chi connectivity index (χ2n) is 4.92. The Morgan fingerprint density at radius 3 is 2.43 bits per heavy atom. The van der Waals surface area contributed by atoms with E-state index in [0.717, 1.165) is 19.4 Å². The van der Waals surface area contributed by atoms with Crippen molar-refractivity contribution in [1.82, 2.24) is 0 Å². The maximum Gasteiger partial charge on any atom is 0.0725 e. The summed E-state index contributed by atoms with van der Waals surface area (Å²) in [6.45, 7) is 2.81. The van der Waals surface area contributed by atoms with Crippen molar-refractivity contribution >= 4 is 0 Å². The molecule has 0 unspecified atom stereocenters. The number of hydrogen-bond donors (Lipinski definition) is 1. The normalized spacial score (nSPS) is 39.4. The molecule has 0 aromatic carbocycles. The van der Waals surface area contributed by atoms with Gasteiger partial charge in [-0.1, -0.05) is 19.3 Å². The number of hydrogen-bond acceptors (Lipinski definition) is 2. The summed E-state index contributed by atoms with van der Waals surface area (Å²) in [4.78, 5) is 0. The smallest absolute Gasteiger partial charge is 0.0725 e. The lowest BCUT2D eigenvalue weighted by Crippen LogP contribution is -2.53. The minimum atomic E-state index is -0.361. The van der Waals surface area contributed by atoms with Crippen molar-refractivity contribution in [1.29, 1.82) is 0 Å². The van der Waals surface area contributed by atoms with E-state index in [1.807, 2.05) is 6.92 Å². The molecule has 82 valence electrons. The molecule has 2 heteroatoms. The molecule has 1 N–H and O–H groups in total. The largest absolute Gasteiger partial charge is 0.389 e. The molecule has 14 heavy (non-hydrogen) atoms. The van der Waals surface area contributed by atoms with Gasteiger partial charge in [-0.25, -0.2) is 0 Å². The molecular weight excluding hydrogens is 176 g/mol. The van der Waals surface area contributed by atoms with Crippen molar-refractivity contribution in [2.45, 2.75) is 63.6 Å².